The van der Waals surface area contributed by atoms with Crippen LogP contribution < -0.4 is 0 Å². The Morgan fingerprint density at radius 2 is 1.70 bits per heavy atom. The Kier molecular flexibility index (Phi) is 4.79. The van der Waals surface area contributed by atoms with Gasteiger partial charge in [-0.25, -0.2) is 5.01 Å². The minimum Gasteiger partial charge on any atom is -0.292 e. The molecule has 5 nitrogen and oxygen atoms in total. The number of hydrogen-bond donors (Lipinski definition) is 0. The number of imide groups is 1. The molecular formula is C15H16N2O3. The van der Waals surface area contributed by atoms with Gasteiger partial charge < -0.3 is 0 Å². The van der Waals surface area contributed by atoms with Crippen LogP contribution in [0.25, 0.3) is 6.08 Å². The normalized spacial score (nSPS) is 15.4. The summed E-state index contributed by atoms with van der Waals surface area (Å²) in [6, 6.07) is 9.31. The molecule has 0 aromatic heterocycles. The molecule has 0 spiro atoms. The molecule has 0 saturated carbocycles. The fourth-order valence-electron chi connectivity index (χ4n) is 2.14. The van der Waals surface area contributed by atoms with Gasteiger partial charge in [-0.05, 0) is 24.5 Å². The lowest BCUT2D eigenvalue weighted by Gasteiger charge is -2.26. The summed E-state index contributed by atoms with van der Waals surface area (Å²) >= 11 is 0. The minimum absolute atomic E-state index is 0.173. The molecule has 0 atom stereocenters. The van der Waals surface area contributed by atoms with Crippen molar-refractivity contribution in [2.24, 2.45) is 0 Å². The number of hydrazine groups is 1. The fraction of sp³-hybridized carbons (Fsp3) is 0.267. The quantitative estimate of drug-likeness (QED) is 0.470. The second kappa shape index (κ2) is 6.77. The van der Waals surface area contributed by atoms with Crippen LogP contribution in [-0.2, 0) is 14.4 Å². The van der Waals surface area contributed by atoms with Crippen LogP contribution in [0.2, 0.25) is 0 Å². The summed E-state index contributed by atoms with van der Waals surface area (Å²) in [4.78, 5) is 34.4. The molecule has 0 unspecified atom stereocenters. The van der Waals surface area contributed by atoms with Gasteiger partial charge in [0.15, 0.2) is 0 Å². The molecule has 1 fully saturated rings. The lowest BCUT2D eigenvalue weighted by Crippen LogP contribution is -2.48. The highest BCUT2D eigenvalue weighted by molar-refractivity contribution is 6.28. The Morgan fingerprint density at radius 1 is 1.05 bits per heavy atom. The lowest BCUT2D eigenvalue weighted by atomic mass is 10.2. The van der Waals surface area contributed by atoms with Crippen molar-refractivity contribution in [3.8, 4) is 0 Å². The highest BCUT2D eigenvalue weighted by atomic mass is 16.2. The first-order valence-electron chi connectivity index (χ1n) is 6.53. The minimum atomic E-state index is -0.824. The monoisotopic (exact) mass is 272 g/mol. The Morgan fingerprint density at radius 3 is 2.30 bits per heavy atom. The molecule has 2 amide bonds. The van der Waals surface area contributed by atoms with Gasteiger partial charge in [0.05, 0.1) is 0 Å². The van der Waals surface area contributed by atoms with E-state index in [1.165, 1.54) is 6.08 Å². The lowest BCUT2D eigenvalue weighted by molar-refractivity contribution is -0.161. The molecule has 104 valence electrons. The van der Waals surface area contributed by atoms with Crippen molar-refractivity contribution >= 4 is 24.2 Å². The first kappa shape index (κ1) is 14.1. The molecular weight excluding hydrogens is 256 g/mol. The predicted octanol–water partition coefficient (Wildman–Crippen LogP) is 1.26. The molecule has 2 rings (SSSR count). The Balaban J connectivity index is 2.12. The van der Waals surface area contributed by atoms with E-state index in [4.69, 9.17) is 0 Å². The highest BCUT2D eigenvalue weighted by Crippen LogP contribution is 2.12. The largest absolute Gasteiger partial charge is 0.308 e. The molecule has 1 heterocycles. The zero-order chi connectivity index (χ0) is 14.4. The number of rotatable bonds is 4. The van der Waals surface area contributed by atoms with Gasteiger partial charge in [0.1, 0.15) is 0 Å². The molecule has 1 aromatic carbocycles. The van der Waals surface area contributed by atoms with E-state index in [1.54, 1.807) is 11.1 Å². The Labute approximate surface area is 117 Å². The van der Waals surface area contributed by atoms with Gasteiger partial charge in [-0.15, -0.1) is 0 Å². The van der Waals surface area contributed by atoms with Gasteiger partial charge in [-0.2, -0.15) is 5.01 Å². The van der Waals surface area contributed by atoms with Crippen LogP contribution >= 0.6 is 0 Å². The first-order valence-corrected chi connectivity index (χ1v) is 6.53. The van der Waals surface area contributed by atoms with Crippen molar-refractivity contribution in [3.63, 3.8) is 0 Å². The van der Waals surface area contributed by atoms with E-state index in [-0.39, 0.29) is 6.29 Å². The maximum atomic E-state index is 12.1. The van der Waals surface area contributed by atoms with E-state index in [1.807, 2.05) is 30.3 Å². The maximum absolute atomic E-state index is 12.1. The van der Waals surface area contributed by atoms with E-state index >= 15 is 0 Å². The highest BCUT2D eigenvalue weighted by Gasteiger charge is 2.28. The van der Waals surface area contributed by atoms with Crippen molar-refractivity contribution in [1.29, 1.82) is 0 Å². The average molecular weight is 272 g/mol. The molecule has 20 heavy (non-hydrogen) atoms. The van der Waals surface area contributed by atoms with Crippen molar-refractivity contribution in [2.45, 2.75) is 12.8 Å². The maximum Gasteiger partial charge on any atom is 0.308 e. The smallest absolute Gasteiger partial charge is 0.292 e. The molecule has 1 aromatic rings. The zero-order valence-electron chi connectivity index (χ0n) is 11.1. The van der Waals surface area contributed by atoms with Crippen LogP contribution in [0.1, 0.15) is 18.4 Å². The number of benzene rings is 1. The summed E-state index contributed by atoms with van der Waals surface area (Å²) in [5, 5.41) is 2.55. The molecule has 1 aliphatic heterocycles. The van der Waals surface area contributed by atoms with Crippen molar-refractivity contribution in [3.05, 3.63) is 42.0 Å². The number of carbonyl (C=O) groups excluding carboxylic acids is 3. The van der Waals surface area contributed by atoms with Crippen LogP contribution in [0.4, 0.5) is 0 Å². The van der Waals surface area contributed by atoms with Crippen molar-refractivity contribution < 1.29 is 14.4 Å². The summed E-state index contributed by atoms with van der Waals surface area (Å²) in [7, 11) is 0. The van der Waals surface area contributed by atoms with Crippen molar-refractivity contribution in [1.82, 2.24) is 10.0 Å². The van der Waals surface area contributed by atoms with E-state index in [0.29, 0.717) is 13.1 Å². The second-order valence-electron chi connectivity index (χ2n) is 4.51. The topological polar surface area (TPSA) is 57.7 Å². The predicted molar refractivity (Wildman–Crippen MR) is 74.2 cm³/mol. The number of hydrogen-bond acceptors (Lipinski definition) is 4. The third-order valence-corrected chi connectivity index (χ3v) is 3.10. The summed E-state index contributed by atoms with van der Waals surface area (Å²) < 4.78 is 0. The van der Waals surface area contributed by atoms with Crippen molar-refractivity contribution in [2.75, 3.05) is 13.1 Å². The van der Waals surface area contributed by atoms with E-state index in [0.717, 1.165) is 23.4 Å². The molecule has 1 saturated heterocycles. The van der Waals surface area contributed by atoms with E-state index in [9.17, 15) is 14.4 Å². The van der Waals surface area contributed by atoms with Gasteiger partial charge in [0.25, 0.3) is 5.91 Å². The number of carbonyl (C=O) groups is 3. The number of amides is 2. The van der Waals surface area contributed by atoms with Crippen LogP contribution in [0.5, 0.6) is 0 Å². The summed E-state index contributed by atoms with van der Waals surface area (Å²) in [6.07, 6.45) is 4.95. The molecule has 5 heteroatoms. The van der Waals surface area contributed by atoms with Crippen LogP contribution in [0.15, 0.2) is 36.4 Å². The van der Waals surface area contributed by atoms with Gasteiger partial charge in [-0.3, -0.25) is 14.4 Å². The van der Waals surface area contributed by atoms with Gasteiger partial charge in [-0.1, -0.05) is 30.3 Å². The first-order chi connectivity index (χ1) is 9.72. The zero-order valence-corrected chi connectivity index (χ0v) is 11.1. The van der Waals surface area contributed by atoms with Gasteiger partial charge in [0, 0.05) is 19.2 Å². The molecule has 1 aliphatic rings. The molecule has 0 radical (unpaired) electrons. The Bertz CT molecular complexity index is 519. The number of nitrogens with zero attached hydrogens (tertiary/aromatic N) is 2. The molecule has 0 N–H and O–H groups in total. The second-order valence-corrected chi connectivity index (χ2v) is 4.51. The SMILES string of the molecule is O=CC(=O)N(C(=O)C=Cc1ccccc1)N1CCCC1. The molecule has 0 bridgehead atoms. The average Bonchev–Trinajstić information content (AvgIpc) is 3.00. The third-order valence-electron chi connectivity index (χ3n) is 3.10. The summed E-state index contributed by atoms with van der Waals surface area (Å²) in [5.41, 5.74) is 0.862. The fourth-order valence-corrected chi connectivity index (χ4v) is 2.14. The van der Waals surface area contributed by atoms with Crippen LogP contribution in [0, 0.1) is 0 Å². The van der Waals surface area contributed by atoms with E-state index < -0.39 is 11.8 Å². The van der Waals surface area contributed by atoms with Gasteiger partial charge in [0.2, 0.25) is 6.29 Å². The standard InChI is InChI=1S/C15H16N2O3/c18-12-15(20)17(16-10-4-5-11-16)14(19)9-8-13-6-2-1-3-7-13/h1-3,6-9,12H,4-5,10-11H2. The van der Waals surface area contributed by atoms with Crippen LogP contribution in [0.3, 0.4) is 0 Å². The summed E-state index contributed by atoms with van der Waals surface area (Å²) in [5.74, 6) is -1.32. The molecule has 0 aliphatic carbocycles. The van der Waals surface area contributed by atoms with Crippen LogP contribution in [-0.4, -0.2) is 41.2 Å². The third kappa shape index (κ3) is 3.39. The Hall–Kier alpha value is -2.27. The summed E-state index contributed by atoms with van der Waals surface area (Å²) in [6.45, 7) is 1.23. The number of aldehydes is 1. The van der Waals surface area contributed by atoms with Gasteiger partial charge >= 0.3 is 5.91 Å². The van der Waals surface area contributed by atoms with E-state index in [2.05, 4.69) is 0 Å².